The molecule has 1 aromatic rings. The van der Waals surface area contributed by atoms with Gasteiger partial charge in [-0.1, -0.05) is 25.5 Å². The molecule has 1 aromatic carbocycles. The van der Waals surface area contributed by atoms with Crippen molar-refractivity contribution in [3.8, 4) is 0 Å². The lowest BCUT2D eigenvalue weighted by Crippen LogP contribution is -2.38. The van der Waals surface area contributed by atoms with E-state index >= 15 is 0 Å². The van der Waals surface area contributed by atoms with Crippen LogP contribution in [0.15, 0.2) is 40.8 Å². The van der Waals surface area contributed by atoms with Crippen LogP contribution >= 0.6 is 0 Å². The van der Waals surface area contributed by atoms with E-state index in [2.05, 4.69) is 36.9 Å². The van der Waals surface area contributed by atoms with Crippen LogP contribution in [-0.4, -0.2) is 44.8 Å². The van der Waals surface area contributed by atoms with Crippen LogP contribution in [0.4, 0.5) is 5.69 Å². The highest BCUT2D eigenvalue weighted by atomic mass is 32.2. The van der Waals surface area contributed by atoms with E-state index in [-0.39, 0.29) is 28.5 Å². The zero-order chi connectivity index (χ0) is 24.2. The lowest BCUT2D eigenvalue weighted by atomic mass is 9.70. The Balaban J connectivity index is 1.66. The first-order valence-corrected chi connectivity index (χ1v) is 13.4. The lowest BCUT2D eigenvalue weighted by Gasteiger charge is -2.37. The maximum Gasteiger partial charge on any atom is 0.240 e. The van der Waals surface area contributed by atoms with Gasteiger partial charge in [0, 0.05) is 38.7 Å². The predicted molar refractivity (Wildman–Crippen MR) is 130 cm³/mol. The number of allylic oxidation sites excluding steroid dienone is 1. The number of nitrogens with one attached hydrogen (secondary N) is 2. The number of benzene rings is 1. The molecule has 0 radical (unpaired) electrons. The van der Waals surface area contributed by atoms with E-state index in [9.17, 15) is 18.0 Å². The quantitative estimate of drug-likeness (QED) is 0.559. The van der Waals surface area contributed by atoms with E-state index in [1.165, 1.54) is 24.6 Å². The standard InChI is InChI=1S/C25H37N3O4S/c1-17(2)24-14-20(15-25(30)28-11-5-6-12-28)18(3)13-21(24)16-26-33(31,32)23-9-7-22(8-10-23)27-19(4)29/h7-10,13,17,20-21,24,26H,5-6,11-12,14-16H2,1-4H3,(H,27,29). The second-order valence-corrected chi connectivity index (χ2v) is 11.5. The van der Waals surface area contributed by atoms with Crippen molar-refractivity contribution in [1.29, 1.82) is 0 Å². The molecule has 2 N–H and O–H groups in total. The van der Waals surface area contributed by atoms with Gasteiger partial charge < -0.3 is 10.2 Å². The van der Waals surface area contributed by atoms with Gasteiger partial charge >= 0.3 is 0 Å². The molecule has 2 aliphatic rings. The summed E-state index contributed by atoms with van der Waals surface area (Å²) in [5, 5.41) is 2.64. The monoisotopic (exact) mass is 475 g/mol. The van der Waals surface area contributed by atoms with E-state index < -0.39 is 10.0 Å². The SMILES string of the molecule is CC(=O)Nc1ccc(S(=O)(=O)NCC2C=C(C)C(CC(=O)N3CCCC3)CC2C(C)C)cc1. The molecular formula is C25H37N3O4S. The summed E-state index contributed by atoms with van der Waals surface area (Å²) in [7, 11) is -3.67. The molecule has 3 rings (SSSR count). The number of likely N-dealkylation sites (tertiary alicyclic amines) is 1. The average Bonchev–Trinajstić information content (AvgIpc) is 3.28. The zero-order valence-corrected chi connectivity index (χ0v) is 21.0. The van der Waals surface area contributed by atoms with E-state index in [1.54, 1.807) is 12.1 Å². The molecule has 0 spiro atoms. The van der Waals surface area contributed by atoms with Crippen LogP contribution in [0.1, 0.15) is 53.4 Å². The molecule has 1 heterocycles. The van der Waals surface area contributed by atoms with Gasteiger partial charge in [-0.3, -0.25) is 9.59 Å². The van der Waals surface area contributed by atoms with Gasteiger partial charge in [-0.05, 0) is 74.1 Å². The number of amides is 2. The van der Waals surface area contributed by atoms with Crippen LogP contribution in [0.5, 0.6) is 0 Å². The molecule has 0 saturated carbocycles. The topological polar surface area (TPSA) is 95.6 Å². The van der Waals surface area contributed by atoms with Gasteiger partial charge in [0.15, 0.2) is 0 Å². The highest BCUT2D eigenvalue weighted by Crippen LogP contribution is 2.39. The largest absolute Gasteiger partial charge is 0.343 e. The number of carbonyl (C=O) groups is 2. The van der Waals surface area contributed by atoms with Gasteiger partial charge in [0.1, 0.15) is 0 Å². The third-order valence-electron chi connectivity index (χ3n) is 6.96. The second-order valence-electron chi connectivity index (χ2n) is 9.76. The molecule has 3 atom stereocenters. The van der Waals surface area contributed by atoms with Crippen molar-refractivity contribution in [2.45, 2.75) is 58.3 Å². The Hall–Kier alpha value is -2.19. The van der Waals surface area contributed by atoms with Crippen LogP contribution < -0.4 is 10.0 Å². The van der Waals surface area contributed by atoms with Gasteiger partial charge in [-0.25, -0.2) is 13.1 Å². The summed E-state index contributed by atoms with van der Waals surface area (Å²) in [4.78, 5) is 26.0. The van der Waals surface area contributed by atoms with Crippen LogP contribution in [0.25, 0.3) is 0 Å². The molecule has 3 unspecified atom stereocenters. The Bertz CT molecular complexity index is 979. The third kappa shape index (κ3) is 6.67. The third-order valence-corrected chi connectivity index (χ3v) is 8.40. The minimum Gasteiger partial charge on any atom is -0.343 e. The van der Waals surface area contributed by atoms with Gasteiger partial charge in [0.25, 0.3) is 0 Å². The van der Waals surface area contributed by atoms with Gasteiger partial charge in [-0.2, -0.15) is 0 Å². The van der Waals surface area contributed by atoms with Gasteiger partial charge in [-0.15, -0.1) is 0 Å². The molecular weight excluding hydrogens is 438 g/mol. The van der Waals surface area contributed by atoms with Gasteiger partial charge in [0.05, 0.1) is 4.90 Å². The van der Waals surface area contributed by atoms with Crippen LogP contribution in [0.2, 0.25) is 0 Å². The lowest BCUT2D eigenvalue weighted by molar-refractivity contribution is -0.131. The Morgan fingerprint density at radius 3 is 2.33 bits per heavy atom. The van der Waals surface area contributed by atoms with Crippen molar-refractivity contribution < 1.29 is 18.0 Å². The average molecular weight is 476 g/mol. The van der Waals surface area contributed by atoms with E-state index in [0.29, 0.717) is 30.5 Å². The minimum absolute atomic E-state index is 0.0802. The Morgan fingerprint density at radius 1 is 1.12 bits per heavy atom. The van der Waals surface area contributed by atoms with Gasteiger partial charge in [0.2, 0.25) is 21.8 Å². The predicted octanol–water partition coefficient (Wildman–Crippen LogP) is 3.79. The summed E-state index contributed by atoms with van der Waals surface area (Å²) in [6, 6.07) is 6.16. The summed E-state index contributed by atoms with van der Waals surface area (Å²) < 4.78 is 28.5. The Kier molecular flexibility index (Phi) is 8.34. The normalized spacial score (nSPS) is 23.5. The maximum absolute atomic E-state index is 12.9. The fourth-order valence-electron chi connectivity index (χ4n) is 5.02. The van der Waals surface area contributed by atoms with Crippen LogP contribution in [0.3, 0.4) is 0 Å². The molecule has 1 fully saturated rings. The number of anilines is 1. The van der Waals surface area contributed by atoms with E-state index in [0.717, 1.165) is 32.4 Å². The number of sulfonamides is 1. The highest BCUT2D eigenvalue weighted by Gasteiger charge is 2.34. The summed E-state index contributed by atoms with van der Waals surface area (Å²) in [6.45, 7) is 9.88. The fourth-order valence-corrected chi connectivity index (χ4v) is 6.10. The molecule has 1 aliphatic carbocycles. The molecule has 33 heavy (non-hydrogen) atoms. The van der Waals surface area contributed by atoms with Crippen LogP contribution in [-0.2, 0) is 19.6 Å². The smallest absolute Gasteiger partial charge is 0.240 e. The Labute approximate surface area is 198 Å². The zero-order valence-electron chi connectivity index (χ0n) is 20.1. The molecule has 182 valence electrons. The molecule has 0 bridgehead atoms. The van der Waals surface area contributed by atoms with Crippen molar-refractivity contribution in [2.24, 2.45) is 23.7 Å². The first-order valence-electron chi connectivity index (χ1n) is 11.9. The summed E-state index contributed by atoms with van der Waals surface area (Å²) in [5.41, 5.74) is 1.74. The maximum atomic E-state index is 12.9. The second kappa shape index (κ2) is 10.8. The summed E-state index contributed by atoms with van der Waals surface area (Å²) >= 11 is 0. The summed E-state index contributed by atoms with van der Waals surface area (Å²) in [5.74, 6) is 1.02. The number of nitrogens with zero attached hydrogens (tertiary/aromatic N) is 1. The van der Waals surface area contributed by atoms with Crippen LogP contribution in [0, 0.1) is 23.7 Å². The first kappa shape index (κ1) is 25.4. The molecule has 0 aromatic heterocycles. The van der Waals surface area contributed by atoms with Crippen molar-refractivity contribution in [3.05, 3.63) is 35.9 Å². The minimum atomic E-state index is -3.67. The Morgan fingerprint density at radius 2 is 1.76 bits per heavy atom. The van der Waals surface area contributed by atoms with Crippen molar-refractivity contribution in [3.63, 3.8) is 0 Å². The highest BCUT2D eigenvalue weighted by molar-refractivity contribution is 7.89. The molecule has 8 heteroatoms. The van der Waals surface area contributed by atoms with Crippen molar-refractivity contribution in [1.82, 2.24) is 9.62 Å². The van der Waals surface area contributed by atoms with Crippen molar-refractivity contribution in [2.75, 3.05) is 25.0 Å². The molecule has 7 nitrogen and oxygen atoms in total. The molecule has 1 aliphatic heterocycles. The first-order chi connectivity index (χ1) is 15.6. The molecule has 1 saturated heterocycles. The van der Waals surface area contributed by atoms with E-state index in [1.807, 2.05) is 4.90 Å². The van der Waals surface area contributed by atoms with Crippen molar-refractivity contribution >= 4 is 27.5 Å². The molecule has 2 amide bonds. The summed E-state index contributed by atoms with van der Waals surface area (Å²) in [6.07, 6.45) is 5.82. The van der Waals surface area contributed by atoms with E-state index in [4.69, 9.17) is 0 Å². The number of hydrogen-bond acceptors (Lipinski definition) is 4. The number of hydrogen-bond donors (Lipinski definition) is 2. The fraction of sp³-hybridized carbons (Fsp3) is 0.600. The number of carbonyl (C=O) groups excluding carboxylic acids is 2. The number of rotatable bonds is 8.